The predicted octanol–water partition coefficient (Wildman–Crippen LogP) is 6.68. The van der Waals surface area contributed by atoms with Gasteiger partial charge in [-0.3, -0.25) is 14.3 Å². The highest BCUT2D eigenvalue weighted by Crippen LogP contribution is 2.46. The van der Waals surface area contributed by atoms with Crippen LogP contribution in [-0.2, 0) is 39.3 Å². The smallest absolute Gasteiger partial charge is 0.433 e. The van der Waals surface area contributed by atoms with Gasteiger partial charge in [0.1, 0.15) is 0 Å². The first kappa shape index (κ1) is 32.7. The van der Waals surface area contributed by atoms with Crippen LogP contribution in [0, 0.1) is 0 Å². The van der Waals surface area contributed by atoms with Crippen LogP contribution in [0.2, 0.25) is 5.02 Å². The molecule has 0 N–H and O–H groups in total. The molecule has 7 nitrogen and oxygen atoms in total. The molecule has 1 atom stereocenters. The Balaban J connectivity index is 2.54. The Hall–Kier alpha value is -3.79. The Morgan fingerprint density at radius 2 is 1.60 bits per heavy atom. The molecule has 0 saturated heterocycles. The maximum atomic E-state index is 13.9. The molecule has 0 spiro atoms. The van der Waals surface area contributed by atoms with E-state index >= 15 is 0 Å². The van der Waals surface area contributed by atoms with E-state index in [4.69, 9.17) is 21.1 Å². The molecule has 3 rings (SSSR count). The lowest BCUT2D eigenvalue weighted by Crippen LogP contribution is -2.45. The summed E-state index contributed by atoms with van der Waals surface area (Å²) in [5.41, 5.74) is -8.29. The molecule has 3 aromatic rings. The van der Waals surface area contributed by atoms with Gasteiger partial charge in [0.15, 0.2) is 5.69 Å². The number of aromatic nitrogens is 2. The van der Waals surface area contributed by atoms with E-state index in [-0.39, 0.29) is 35.3 Å². The summed E-state index contributed by atoms with van der Waals surface area (Å²) in [7, 11) is 0.772. The molecule has 1 unspecified atom stereocenters. The van der Waals surface area contributed by atoms with Crippen LogP contribution in [-0.4, -0.2) is 35.5 Å². The number of halogens is 10. The monoisotopic (exact) mass is 631 g/mol. The van der Waals surface area contributed by atoms with Gasteiger partial charge in [0.2, 0.25) is 12.2 Å². The summed E-state index contributed by atoms with van der Waals surface area (Å²) in [6.45, 7) is 0.323. The third-order valence-corrected chi connectivity index (χ3v) is 5.97. The normalized spacial score (nSPS) is 13.1. The molecule has 1 heterocycles. The number of nitrogens with zero attached hydrogens (tertiary/aromatic N) is 3. The van der Waals surface area contributed by atoms with E-state index in [1.54, 1.807) is 6.07 Å². The van der Waals surface area contributed by atoms with Crippen molar-refractivity contribution in [3.05, 3.63) is 86.3 Å². The van der Waals surface area contributed by atoms with Crippen LogP contribution in [0.25, 0.3) is 0 Å². The van der Waals surface area contributed by atoms with Crippen molar-refractivity contribution in [1.29, 1.82) is 0 Å². The quantitative estimate of drug-likeness (QED) is 0.157. The van der Waals surface area contributed by atoms with Crippen molar-refractivity contribution in [2.45, 2.75) is 38.2 Å². The van der Waals surface area contributed by atoms with Gasteiger partial charge in [-0.2, -0.15) is 39.5 Å². The average molecular weight is 632 g/mol. The third kappa shape index (κ3) is 7.15. The topological polar surface area (TPSA) is 73.7 Å². The molecule has 17 heteroatoms. The summed E-state index contributed by atoms with van der Waals surface area (Å²) in [6.07, 6.45) is -18.6. The fourth-order valence-electron chi connectivity index (χ4n) is 3.75. The molecule has 0 amide bonds. The molecular formula is C25H19ClF9N3O4. The number of hydrogen-bond acceptors (Lipinski definition) is 6. The lowest BCUT2D eigenvalue weighted by atomic mass is 10.1. The molecule has 0 aliphatic carbocycles. The number of hydrogen-bond donors (Lipinski definition) is 0. The van der Waals surface area contributed by atoms with Gasteiger partial charge in [-0.1, -0.05) is 41.9 Å². The minimum absolute atomic E-state index is 0.0576. The first-order valence-corrected chi connectivity index (χ1v) is 12.0. The van der Waals surface area contributed by atoms with Crippen LogP contribution in [0.3, 0.4) is 0 Å². The van der Waals surface area contributed by atoms with E-state index in [0.29, 0.717) is 4.57 Å². The summed E-state index contributed by atoms with van der Waals surface area (Å²) in [4.78, 5) is 29.4. The maximum absolute atomic E-state index is 13.9. The highest BCUT2D eigenvalue weighted by atomic mass is 35.5. The van der Waals surface area contributed by atoms with Crippen LogP contribution in [0.4, 0.5) is 51.1 Å². The fraction of sp³-hybridized carbons (Fsp3) is 0.320. The lowest BCUT2D eigenvalue weighted by Gasteiger charge is -2.33. The van der Waals surface area contributed by atoms with Crippen molar-refractivity contribution < 1.29 is 53.8 Å². The molecule has 0 saturated carbocycles. The van der Waals surface area contributed by atoms with Gasteiger partial charge in [-0.15, -0.1) is 0 Å². The number of anilines is 2. The molecule has 1 aromatic heterocycles. The zero-order chi connectivity index (χ0) is 31.6. The van der Waals surface area contributed by atoms with Gasteiger partial charge in [0.05, 0.1) is 35.0 Å². The minimum atomic E-state index is -5.50. The van der Waals surface area contributed by atoms with E-state index < -0.39 is 76.3 Å². The Morgan fingerprint density at radius 3 is 2.10 bits per heavy atom. The van der Waals surface area contributed by atoms with Crippen LogP contribution in [0.5, 0.6) is 0 Å². The number of rotatable bonds is 8. The lowest BCUT2D eigenvalue weighted by molar-refractivity contribution is -0.154. The van der Waals surface area contributed by atoms with Crippen molar-refractivity contribution in [2.24, 2.45) is 0 Å². The second kappa shape index (κ2) is 12.2. The second-order valence-corrected chi connectivity index (χ2v) is 8.79. The Morgan fingerprint density at radius 1 is 0.976 bits per heavy atom. The summed E-state index contributed by atoms with van der Waals surface area (Å²) < 4.78 is 135. The van der Waals surface area contributed by atoms with Crippen LogP contribution >= 0.6 is 11.6 Å². The Labute approximate surface area is 236 Å². The number of carbonyl (C=O) groups is 1. The van der Waals surface area contributed by atoms with Gasteiger partial charge in [0, 0.05) is 13.2 Å². The summed E-state index contributed by atoms with van der Waals surface area (Å²) in [6, 6.07) is 7.22. The molecule has 0 fully saturated rings. The van der Waals surface area contributed by atoms with E-state index in [9.17, 15) is 49.1 Å². The molecule has 0 bridgehead atoms. The van der Waals surface area contributed by atoms with Crippen molar-refractivity contribution in [3.63, 3.8) is 0 Å². The Bertz CT molecular complexity index is 1490. The van der Waals surface area contributed by atoms with Crippen molar-refractivity contribution >= 4 is 29.2 Å². The van der Waals surface area contributed by atoms with Gasteiger partial charge in [-0.25, -0.2) is 9.78 Å². The number of methoxy groups -OCH3 is 1. The first-order valence-electron chi connectivity index (χ1n) is 11.6. The van der Waals surface area contributed by atoms with E-state index in [2.05, 4.69) is 4.98 Å². The zero-order valence-corrected chi connectivity index (χ0v) is 22.1. The summed E-state index contributed by atoms with van der Waals surface area (Å²) >= 11 is 5.95. The molecule has 0 aliphatic heterocycles. The van der Waals surface area contributed by atoms with Gasteiger partial charge < -0.3 is 9.47 Å². The minimum Gasteiger partial charge on any atom is -0.463 e. The van der Waals surface area contributed by atoms with Crippen LogP contribution < -0.4 is 10.5 Å². The largest absolute Gasteiger partial charge is 0.463 e. The zero-order valence-electron chi connectivity index (χ0n) is 21.4. The standard InChI is InChI=1S/C25H19ClF9N3O4/c1-3-42-21(40)20(41-2)38(16-10-14(23(27,28)29)9-15(19(16)26)24(30,31)32)22-36-17(25(33,34)35)11-18(39)37(22)12-13-7-5-4-6-8-13/h4-11,20H,3,12H2,1-2H3. The number of esters is 1. The molecule has 228 valence electrons. The van der Waals surface area contributed by atoms with E-state index in [0.717, 1.165) is 7.11 Å². The van der Waals surface area contributed by atoms with E-state index in [1.165, 1.54) is 31.2 Å². The van der Waals surface area contributed by atoms with Gasteiger partial charge >= 0.3 is 24.5 Å². The first-order chi connectivity index (χ1) is 19.4. The van der Waals surface area contributed by atoms with E-state index in [1.807, 2.05) is 0 Å². The maximum Gasteiger partial charge on any atom is 0.433 e. The fourth-order valence-corrected chi connectivity index (χ4v) is 4.06. The van der Waals surface area contributed by atoms with Crippen LogP contribution in [0.1, 0.15) is 29.3 Å². The molecule has 2 aromatic carbocycles. The third-order valence-electron chi connectivity index (χ3n) is 5.57. The van der Waals surface area contributed by atoms with Crippen molar-refractivity contribution in [3.8, 4) is 0 Å². The highest BCUT2D eigenvalue weighted by molar-refractivity contribution is 6.34. The molecule has 0 radical (unpaired) electrons. The SMILES string of the molecule is CCOC(=O)C(OC)N(c1cc(C(F)(F)F)cc(C(F)(F)F)c1Cl)c1nc(C(F)(F)F)cc(=O)n1Cc1ccccc1. The van der Waals surface area contributed by atoms with Gasteiger partial charge in [-0.05, 0) is 24.6 Å². The number of alkyl halides is 9. The second-order valence-electron chi connectivity index (χ2n) is 8.41. The average Bonchev–Trinajstić information content (AvgIpc) is 2.87. The number of benzene rings is 2. The number of carbonyl (C=O) groups excluding carboxylic acids is 1. The van der Waals surface area contributed by atoms with Crippen LogP contribution in [0.15, 0.2) is 53.3 Å². The summed E-state index contributed by atoms with van der Waals surface area (Å²) in [5, 5.41) is -1.46. The predicted molar refractivity (Wildman–Crippen MR) is 130 cm³/mol. The molecular weight excluding hydrogens is 613 g/mol. The van der Waals surface area contributed by atoms with Crippen molar-refractivity contribution in [2.75, 3.05) is 18.6 Å². The highest BCUT2D eigenvalue weighted by Gasteiger charge is 2.43. The molecule has 42 heavy (non-hydrogen) atoms. The Kier molecular flexibility index (Phi) is 9.51. The van der Waals surface area contributed by atoms with Gasteiger partial charge in [0.25, 0.3) is 5.56 Å². The van der Waals surface area contributed by atoms with Crippen molar-refractivity contribution in [1.82, 2.24) is 9.55 Å². The molecule has 0 aliphatic rings. The summed E-state index contributed by atoms with van der Waals surface area (Å²) in [5.74, 6) is -2.67. The number of ether oxygens (including phenoxy) is 2.